The molecule has 1 fully saturated rings. The lowest BCUT2D eigenvalue weighted by Crippen LogP contribution is -2.34. The van der Waals surface area contributed by atoms with Gasteiger partial charge in [0, 0.05) is 44.3 Å². The Morgan fingerprint density at radius 3 is 2.72 bits per heavy atom. The normalized spacial score (nSPS) is 16.7. The van der Waals surface area contributed by atoms with E-state index in [1.54, 1.807) is 12.1 Å². The lowest BCUT2D eigenvalue weighted by molar-refractivity contribution is 0.0517. The number of nitrogens with two attached hydrogens (primary N) is 1. The first-order valence-corrected chi connectivity index (χ1v) is 8.90. The van der Waals surface area contributed by atoms with Gasteiger partial charge in [-0.2, -0.15) is 0 Å². The maximum Gasteiger partial charge on any atom is 0.248 e. The summed E-state index contributed by atoms with van der Waals surface area (Å²) >= 11 is 0. The van der Waals surface area contributed by atoms with Crippen molar-refractivity contribution in [1.29, 1.82) is 0 Å². The number of ether oxygens (including phenoxy) is 1. The average Bonchev–Trinajstić information content (AvgIpc) is 3.12. The van der Waals surface area contributed by atoms with Crippen LogP contribution < -0.4 is 11.1 Å². The van der Waals surface area contributed by atoms with Gasteiger partial charge in [-0.05, 0) is 43.4 Å². The SMILES string of the molecule is CCn1ccnc1C(NCc1ccc(C(N)=O)cc1)C1CCOCC1. The van der Waals surface area contributed by atoms with E-state index in [2.05, 4.69) is 21.8 Å². The van der Waals surface area contributed by atoms with E-state index in [0.29, 0.717) is 11.5 Å². The van der Waals surface area contributed by atoms with Crippen molar-refractivity contribution >= 4 is 5.91 Å². The van der Waals surface area contributed by atoms with E-state index in [0.717, 1.165) is 50.5 Å². The van der Waals surface area contributed by atoms with E-state index in [-0.39, 0.29) is 6.04 Å². The van der Waals surface area contributed by atoms with Crippen LogP contribution in [0.1, 0.15) is 47.6 Å². The van der Waals surface area contributed by atoms with Gasteiger partial charge in [-0.1, -0.05) is 12.1 Å². The summed E-state index contributed by atoms with van der Waals surface area (Å²) in [7, 11) is 0. The Morgan fingerprint density at radius 1 is 1.36 bits per heavy atom. The highest BCUT2D eigenvalue weighted by Gasteiger charge is 2.28. The number of amides is 1. The number of rotatable bonds is 7. The third-order valence-corrected chi connectivity index (χ3v) is 4.87. The molecule has 0 saturated carbocycles. The zero-order valence-electron chi connectivity index (χ0n) is 14.6. The molecule has 1 saturated heterocycles. The second-order valence-electron chi connectivity index (χ2n) is 6.44. The second kappa shape index (κ2) is 8.27. The highest BCUT2D eigenvalue weighted by Crippen LogP contribution is 2.29. The Hall–Kier alpha value is -2.18. The Bertz CT molecular complexity index is 690. The van der Waals surface area contributed by atoms with Crippen molar-refractivity contribution in [3.63, 3.8) is 0 Å². The van der Waals surface area contributed by atoms with Gasteiger partial charge in [-0.15, -0.1) is 0 Å². The average molecular weight is 342 g/mol. The Kier molecular flexibility index (Phi) is 5.83. The highest BCUT2D eigenvalue weighted by molar-refractivity contribution is 5.92. The molecule has 2 heterocycles. The maximum atomic E-state index is 11.2. The quantitative estimate of drug-likeness (QED) is 0.808. The van der Waals surface area contributed by atoms with E-state index in [9.17, 15) is 4.79 Å². The molecule has 1 aliphatic rings. The lowest BCUT2D eigenvalue weighted by atomic mass is 9.90. The Balaban J connectivity index is 1.74. The topological polar surface area (TPSA) is 82.2 Å². The molecular formula is C19H26N4O2. The molecule has 1 aromatic heterocycles. The van der Waals surface area contributed by atoms with Crippen LogP contribution in [0.5, 0.6) is 0 Å². The van der Waals surface area contributed by atoms with Gasteiger partial charge < -0.3 is 20.4 Å². The zero-order valence-corrected chi connectivity index (χ0v) is 14.6. The summed E-state index contributed by atoms with van der Waals surface area (Å²) in [6.07, 6.45) is 5.98. The highest BCUT2D eigenvalue weighted by atomic mass is 16.5. The van der Waals surface area contributed by atoms with Crippen molar-refractivity contribution in [2.45, 2.75) is 38.9 Å². The number of imidazole rings is 1. The van der Waals surface area contributed by atoms with Gasteiger partial charge in [0.2, 0.25) is 5.91 Å². The summed E-state index contributed by atoms with van der Waals surface area (Å²) in [5.41, 5.74) is 6.96. The van der Waals surface area contributed by atoms with Crippen molar-refractivity contribution in [2.75, 3.05) is 13.2 Å². The number of hydrogen-bond acceptors (Lipinski definition) is 4. The minimum atomic E-state index is -0.399. The third-order valence-electron chi connectivity index (χ3n) is 4.87. The van der Waals surface area contributed by atoms with E-state index in [4.69, 9.17) is 10.5 Å². The molecule has 6 heteroatoms. The third kappa shape index (κ3) is 4.27. The number of benzene rings is 1. The fourth-order valence-corrected chi connectivity index (χ4v) is 3.40. The van der Waals surface area contributed by atoms with Crippen LogP contribution in [0.15, 0.2) is 36.7 Å². The molecule has 1 unspecified atom stereocenters. The number of nitrogens with one attached hydrogen (secondary N) is 1. The minimum absolute atomic E-state index is 0.190. The zero-order chi connectivity index (χ0) is 17.6. The number of primary amides is 1. The Morgan fingerprint density at radius 2 is 2.08 bits per heavy atom. The smallest absolute Gasteiger partial charge is 0.248 e. The summed E-state index contributed by atoms with van der Waals surface area (Å²) in [6.45, 7) is 5.38. The molecule has 1 atom stereocenters. The first kappa shape index (κ1) is 17.6. The summed E-state index contributed by atoms with van der Waals surface area (Å²) in [5.74, 6) is 1.19. The standard InChI is InChI=1S/C19H26N4O2/c1-2-23-10-9-21-19(23)17(15-7-11-25-12-8-15)22-13-14-3-5-16(6-4-14)18(20)24/h3-6,9-10,15,17,22H,2,7-8,11-13H2,1H3,(H2,20,24). The summed E-state index contributed by atoms with van der Waals surface area (Å²) in [6, 6.07) is 7.63. The van der Waals surface area contributed by atoms with Crippen LogP contribution in [0.4, 0.5) is 0 Å². The number of aromatic nitrogens is 2. The van der Waals surface area contributed by atoms with Gasteiger partial charge in [0.15, 0.2) is 0 Å². The van der Waals surface area contributed by atoms with E-state index >= 15 is 0 Å². The van der Waals surface area contributed by atoms with Crippen molar-refractivity contribution in [1.82, 2.24) is 14.9 Å². The van der Waals surface area contributed by atoms with Crippen molar-refractivity contribution in [2.24, 2.45) is 11.7 Å². The van der Waals surface area contributed by atoms with E-state index in [1.807, 2.05) is 24.5 Å². The van der Waals surface area contributed by atoms with Gasteiger partial charge in [0.25, 0.3) is 0 Å². The first-order valence-electron chi connectivity index (χ1n) is 8.90. The molecular weight excluding hydrogens is 316 g/mol. The summed E-state index contributed by atoms with van der Waals surface area (Å²) < 4.78 is 7.72. The number of hydrogen-bond donors (Lipinski definition) is 2. The Labute approximate surface area is 148 Å². The predicted molar refractivity (Wildman–Crippen MR) is 96.0 cm³/mol. The van der Waals surface area contributed by atoms with Gasteiger partial charge in [-0.3, -0.25) is 4.79 Å². The molecule has 0 bridgehead atoms. The number of aryl methyl sites for hydroxylation is 1. The second-order valence-corrected chi connectivity index (χ2v) is 6.44. The van der Waals surface area contributed by atoms with Crippen LogP contribution >= 0.6 is 0 Å². The van der Waals surface area contributed by atoms with Crippen LogP contribution in [0.3, 0.4) is 0 Å². The van der Waals surface area contributed by atoms with Crippen LogP contribution in [0.2, 0.25) is 0 Å². The number of carbonyl (C=O) groups excluding carboxylic acids is 1. The maximum absolute atomic E-state index is 11.2. The summed E-state index contributed by atoms with van der Waals surface area (Å²) in [5, 5.41) is 3.68. The molecule has 0 aliphatic carbocycles. The fraction of sp³-hybridized carbons (Fsp3) is 0.474. The first-order chi connectivity index (χ1) is 12.2. The van der Waals surface area contributed by atoms with Gasteiger partial charge in [0.05, 0.1) is 6.04 Å². The number of nitrogens with zero attached hydrogens (tertiary/aromatic N) is 2. The monoisotopic (exact) mass is 342 g/mol. The molecule has 3 N–H and O–H groups in total. The van der Waals surface area contributed by atoms with Crippen LogP contribution in [-0.2, 0) is 17.8 Å². The minimum Gasteiger partial charge on any atom is -0.381 e. The van der Waals surface area contributed by atoms with Gasteiger partial charge in [-0.25, -0.2) is 4.98 Å². The van der Waals surface area contributed by atoms with Crippen molar-refractivity contribution < 1.29 is 9.53 Å². The molecule has 1 aliphatic heterocycles. The molecule has 0 spiro atoms. The van der Waals surface area contributed by atoms with E-state index in [1.165, 1.54) is 0 Å². The molecule has 134 valence electrons. The lowest BCUT2D eigenvalue weighted by Gasteiger charge is -2.31. The molecule has 6 nitrogen and oxygen atoms in total. The van der Waals surface area contributed by atoms with Crippen molar-refractivity contribution in [3.8, 4) is 0 Å². The molecule has 25 heavy (non-hydrogen) atoms. The van der Waals surface area contributed by atoms with E-state index < -0.39 is 5.91 Å². The van der Waals surface area contributed by atoms with Gasteiger partial charge in [0.1, 0.15) is 5.82 Å². The fourth-order valence-electron chi connectivity index (χ4n) is 3.40. The summed E-state index contributed by atoms with van der Waals surface area (Å²) in [4.78, 5) is 15.8. The van der Waals surface area contributed by atoms with Crippen LogP contribution in [0, 0.1) is 5.92 Å². The largest absolute Gasteiger partial charge is 0.381 e. The predicted octanol–water partition coefficient (Wildman–Crippen LogP) is 2.26. The van der Waals surface area contributed by atoms with Crippen molar-refractivity contribution in [3.05, 3.63) is 53.6 Å². The van der Waals surface area contributed by atoms with Crippen LogP contribution in [0.25, 0.3) is 0 Å². The molecule has 1 aromatic carbocycles. The molecule has 0 radical (unpaired) electrons. The molecule has 2 aromatic rings. The molecule has 3 rings (SSSR count). The van der Waals surface area contributed by atoms with Gasteiger partial charge >= 0.3 is 0 Å². The van der Waals surface area contributed by atoms with Crippen LogP contribution in [-0.4, -0.2) is 28.7 Å². The number of carbonyl (C=O) groups is 1. The molecule has 1 amide bonds.